The SMILES string of the molecule is CSc1nc2oc(-c3ccc(C4(NC(=O)O)CCC4)cc3)c(-c3ccccc3)c2c(=O)[nH]1. The van der Waals surface area contributed by atoms with Crippen LogP contribution in [0.2, 0.25) is 0 Å². The molecule has 1 fully saturated rings. The lowest BCUT2D eigenvalue weighted by Gasteiger charge is -2.42. The molecule has 8 heteroatoms. The van der Waals surface area contributed by atoms with Crippen LogP contribution in [0.3, 0.4) is 0 Å². The highest BCUT2D eigenvalue weighted by Crippen LogP contribution is 2.43. The van der Waals surface area contributed by atoms with Crippen LogP contribution in [0.4, 0.5) is 4.79 Å². The van der Waals surface area contributed by atoms with Gasteiger partial charge in [-0.05, 0) is 36.6 Å². The topological polar surface area (TPSA) is 108 Å². The van der Waals surface area contributed by atoms with Gasteiger partial charge in [-0.2, -0.15) is 4.98 Å². The first-order valence-electron chi connectivity index (χ1n) is 10.3. The van der Waals surface area contributed by atoms with E-state index in [9.17, 15) is 14.7 Å². The fourth-order valence-corrected chi connectivity index (χ4v) is 4.70. The van der Waals surface area contributed by atoms with Crippen LogP contribution in [-0.2, 0) is 5.54 Å². The van der Waals surface area contributed by atoms with Gasteiger partial charge in [-0.25, -0.2) is 4.79 Å². The molecule has 0 spiro atoms. The number of thioether (sulfide) groups is 1. The van der Waals surface area contributed by atoms with E-state index in [2.05, 4.69) is 15.3 Å². The largest absolute Gasteiger partial charge is 0.465 e. The van der Waals surface area contributed by atoms with E-state index in [-0.39, 0.29) is 5.56 Å². The standard InChI is InChI=1S/C24H21N3O4S/c1-32-22-25-20(28)18-17(14-6-3-2-4-7-14)19(31-21(18)26-22)15-8-10-16(11-9-15)24(12-5-13-24)27-23(29)30/h2-4,6-11,27H,5,12-13H2,1H3,(H,29,30)(H,25,26,28). The minimum Gasteiger partial charge on any atom is -0.465 e. The van der Waals surface area contributed by atoms with Crippen LogP contribution >= 0.6 is 11.8 Å². The van der Waals surface area contributed by atoms with E-state index in [1.807, 2.05) is 60.9 Å². The predicted molar refractivity (Wildman–Crippen MR) is 124 cm³/mol. The van der Waals surface area contributed by atoms with Crippen LogP contribution in [-0.4, -0.2) is 27.4 Å². The Hall–Kier alpha value is -3.52. The Labute approximate surface area is 187 Å². The Kier molecular flexibility index (Phi) is 5.01. The number of nitrogens with zero attached hydrogens (tertiary/aromatic N) is 1. The summed E-state index contributed by atoms with van der Waals surface area (Å²) in [6, 6.07) is 17.3. The van der Waals surface area contributed by atoms with Crippen molar-refractivity contribution in [2.24, 2.45) is 0 Å². The Morgan fingerprint density at radius 1 is 1.12 bits per heavy atom. The van der Waals surface area contributed by atoms with Gasteiger partial charge in [-0.3, -0.25) is 4.79 Å². The van der Waals surface area contributed by atoms with Crippen LogP contribution in [0.1, 0.15) is 24.8 Å². The van der Waals surface area contributed by atoms with Crippen LogP contribution in [0.25, 0.3) is 33.6 Å². The van der Waals surface area contributed by atoms with Crippen molar-refractivity contribution < 1.29 is 14.3 Å². The second-order valence-corrected chi connectivity index (χ2v) is 8.67. The van der Waals surface area contributed by atoms with Crippen LogP contribution in [0.15, 0.2) is 69.0 Å². The summed E-state index contributed by atoms with van der Waals surface area (Å²) in [5.41, 5.74) is 2.78. The molecule has 0 radical (unpaired) electrons. The summed E-state index contributed by atoms with van der Waals surface area (Å²) in [6.45, 7) is 0. The smallest absolute Gasteiger partial charge is 0.405 e. The van der Waals surface area contributed by atoms with E-state index >= 15 is 0 Å². The lowest BCUT2D eigenvalue weighted by Crippen LogP contribution is -2.50. The van der Waals surface area contributed by atoms with Gasteiger partial charge in [0.15, 0.2) is 5.16 Å². The summed E-state index contributed by atoms with van der Waals surface area (Å²) in [5.74, 6) is 0.558. The number of aromatic amines is 1. The van der Waals surface area contributed by atoms with Gasteiger partial charge in [-0.1, -0.05) is 66.4 Å². The van der Waals surface area contributed by atoms with E-state index < -0.39 is 11.6 Å². The number of aromatic nitrogens is 2. The maximum Gasteiger partial charge on any atom is 0.405 e. The zero-order chi connectivity index (χ0) is 22.3. The van der Waals surface area contributed by atoms with Gasteiger partial charge in [0.1, 0.15) is 11.1 Å². The first-order chi connectivity index (χ1) is 15.5. The summed E-state index contributed by atoms with van der Waals surface area (Å²) in [6.07, 6.45) is 3.35. The molecule has 1 aliphatic carbocycles. The van der Waals surface area contributed by atoms with Crippen molar-refractivity contribution in [1.82, 2.24) is 15.3 Å². The monoisotopic (exact) mass is 447 g/mol. The fourth-order valence-electron chi connectivity index (χ4n) is 4.33. The lowest BCUT2D eigenvalue weighted by molar-refractivity contribution is 0.144. The first kappa shape index (κ1) is 20.4. The highest BCUT2D eigenvalue weighted by Gasteiger charge is 2.40. The molecular formula is C24H21N3O4S. The quantitative estimate of drug-likeness (QED) is 0.286. The molecule has 0 bridgehead atoms. The Bertz CT molecular complexity index is 1360. The molecule has 1 saturated carbocycles. The van der Waals surface area contributed by atoms with Crippen molar-refractivity contribution >= 4 is 29.0 Å². The fraction of sp³-hybridized carbons (Fsp3) is 0.208. The number of hydrogen-bond acceptors (Lipinski definition) is 5. The van der Waals surface area contributed by atoms with Gasteiger partial charge in [-0.15, -0.1) is 0 Å². The second kappa shape index (κ2) is 7.87. The highest BCUT2D eigenvalue weighted by molar-refractivity contribution is 7.98. The van der Waals surface area contributed by atoms with Crippen molar-refractivity contribution in [3.8, 4) is 22.5 Å². The zero-order valence-corrected chi connectivity index (χ0v) is 18.2. The van der Waals surface area contributed by atoms with Crippen molar-refractivity contribution in [3.05, 3.63) is 70.5 Å². The summed E-state index contributed by atoms with van der Waals surface area (Å²) in [4.78, 5) is 31.5. The zero-order valence-electron chi connectivity index (χ0n) is 17.3. The molecule has 0 atom stereocenters. The van der Waals surface area contributed by atoms with E-state index in [4.69, 9.17) is 4.42 Å². The molecule has 2 aromatic carbocycles. The molecule has 2 heterocycles. The molecular weight excluding hydrogens is 426 g/mol. The molecule has 2 aromatic heterocycles. The Balaban J connectivity index is 1.66. The van der Waals surface area contributed by atoms with Crippen molar-refractivity contribution in [3.63, 3.8) is 0 Å². The average molecular weight is 448 g/mol. The molecule has 5 rings (SSSR count). The summed E-state index contributed by atoms with van der Waals surface area (Å²) < 4.78 is 6.14. The second-order valence-electron chi connectivity index (χ2n) is 7.87. The third-order valence-electron chi connectivity index (χ3n) is 6.05. The number of fused-ring (bicyclic) bond motifs is 1. The minimum absolute atomic E-state index is 0.246. The summed E-state index contributed by atoms with van der Waals surface area (Å²) >= 11 is 1.34. The predicted octanol–water partition coefficient (Wildman–Crippen LogP) is 5.22. The van der Waals surface area contributed by atoms with Crippen LogP contribution in [0, 0.1) is 0 Å². The first-order valence-corrected chi connectivity index (χ1v) is 11.5. The number of carboxylic acid groups (broad SMARTS) is 1. The van der Waals surface area contributed by atoms with Crippen LogP contribution in [0.5, 0.6) is 0 Å². The van der Waals surface area contributed by atoms with Gasteiger partial charge in [0.25, 0.3) is 5.56 Å². The van der Waals surface area contributed by atoms with Crippen molar-refractivity contribution in [2.45, 2.75) is 30.0 Å². The number of rotatable bonds is 5. The number of benzene rings is 2. The molecule has 7 nitrogen and oxygen atoms in total. The van der Waals surface area contributed by atoms with E-state index in [0.29, 0.717) is 27.6 Å². The third kappa shape index (κ3) is 3.36. The minimum atomic E-state index is -1.02. The van der Waals surface area contributed by atoms with E-state index in [1.54, 1.807) is 0 Å². The number of furan rings is 1. The number of amides is 1. The Morgan fingerprint density at radius 2 is 1.84 bits per heavy atom. The summed E-state index contributed by atoms with van der Waals surface area (Å²) in [7, 11) is 0. The van der Waals surface area contributed by atoms with E-state index in [0.717, 1.165) is 36.0 Å². The molecule has 0 saturated heterocycles. The highest BCUT2D eigenvalue weighted by atomic mass is 32.2. The maximum atomic E-state index is 12.9. The summed E-state index contributed by atoms with van der Waals surface area (Å²) in [5, 5.41) is 12.8. The third-order valence-corrected chi connectivity index (χ3v) is 6.63. The molecule has 0 aliphatic heterocycles. The molecule has 162 valence electrons. The molecule has 0 unspecified atom stereocenters. The van der Waals surface area contributed by atoms with Gasteiger partial charge in [0.2, 0.25) is 5.71 Å². The average Bonchev–Trinajstić information content (AvgIpc) is 3.17. The van der Waals surface area contributed by atoms with Crippen LogP contribution < -0.4 is 10.9 Å². The number of H-pyrrole nitrogens is 1. The van der Waals surface area contributed by atoms with Gasteiger partial charge >= 0.3 is 6.09 Å². The van der Waals surface area contributed by atoms with Gasteiger partial charge in [0, 0.05) is 11.1 Å². The molecule has 32 heavy (non-hydrogen) atoms. The van der Waals surface area contributed by atoms with E-state index in [1.165, 1.54) is 11.8 Å². The maximum absolute atomic E-state index is 12.9. The van der Waals surface area contributed by atoms with Gasteiger partial charge in [0.05, 0.1) is 5.54 Å². The normalized spacial score (nSPS) is 14.8. The van der Waals surface area contributed by atoms with Crippen molar-refractivity contribution in [1.29, 1.82) is 0 Å². The van der Waals surface area contributed by atoms with Crippen molar-refractivity contribution in [2.75, 3.05) is 6.26 Å². The molecule has 1 aliphatic rings. The van der Waals surface area contributed by atoms with Gasteiger partial charge < -0.3 is 19.8 Å². The number of nitrogens with one attached hydrogen (secondary N) is 2. The molecule has 3 N–H and O–H groups in total. The lowest BCUT2D eigenvalue weighted by atomic mass is 9.72. The molecule has 4 aromatic rings. The Morgan fingerprint density at radius 3 is 2.44 bits per heavy atom. The molecule has 1 amide bonds. The number of carbonyl (C=O) groups is 1. The number of hydrogen-bond donors (Lipinski definition) is 3.